The summed E-state index contributed by atoms with van der Waals surface area (Å²) in [5, 5.41) is 2.85. The minimum atomic E-state index is -0.208. The Labute approximate surface area is 181 Å². The van der Waals surface area contributed by atoms with Crippen molar-refractivity contribution in [2.24, 2.45) is 0 Å². The zero-order valence-electron chi connectivity index (χ0n) is 17.3. The number of nitrogens with one attached hydrogen (secondary N) is 1. The summed E-state index contributed by atoms with van der Waals surface area (Å²) >= 11 is 0. The molecule has 7 heteroatoms. The van der Waals surface area contributed by atoms with Crippen molar-refractivity contribution in [1.82, 2.24) is 14.8 Å². The topological polar surface area (TPSA) is 74.8 Å². The number of rotatable bonds is 4. The van der Waals surface area contributed by atoms with Gasteiger partial charge in [0.05, 0.1) is 11.9 Å². The lowest BCUT2D eigenvalue weighted by atomic mass is 10.2. The van der Waals surface area contributed by atoms with Crippen LogP contribution in [0.25, 0.3) is 0 Å². The molecule has 0 unspecified atom stereocenters. The van der Waals surface area contributed by atoms with E-state index in [9.17, 15) is 9.59 Å². The van der Waals surface area contributed by atoms with E-state index in [1.165, 1.54) is 0 Å². The molecular formula is C24H24N4O3. The van der Waals surface area contributed by atoms with Gasteiger partial charge in [0.15, 0.2) is 0 Å². The highest BCUT2D eigenvalue weighted by Crippen LogP contribution is 2.21. The van der Waals surface area contributed by atoms with Crippen LogP contribution in [0.4, 0.5) is 10.5 Å². The first-order chi connectivity index (χ1) is 15.1. The van der Waals surface area contributed by atoms with Gasteiger partial charge in [-0.1, -0.05) is 35.9 Å². The van der Waals surface area contributed by atoms with Crippen LogP contribution in [-0.2, 0) is 0 Å². The third-order valence-electron chi connectivity index (χ3n) is 5.11. The molecule has 4 rings (SSSR count). The van der Waals surface area contributed by atoms with E-state index in [1.807, 2.05) is 49.4 Å². The van der Waals surface area contributed by atoms with Crippen LogP contribution < -0.4 is 10.1 Å². The highest BCUT2D eigenvalue weighted by atomic mass is 16.5. The normalized spacial score (nSPS) is 13.6. The highest BCUT2D eigenvalue weighted by molar-refractivity contribution is 5.94. The molecule has 0 aliphatic carbocycles. The first kappa shape index (κ1) is 20.4. The van der Waals surface area contributed by atoms with Crippen molar-refractivity contribution in [1.29, 1.82) is 0 Å². The van der Waals surface area contributed by atoms with Gasteiger partial charge in [-0.15, -0.1) is 0 Å². The van der Waals surface area contributed by atoms with Gasteiger partial charge in [0.25, 0.3) is 5.91 Å². The fraction of sp³-hybridized carbons (Fsp3) is 0.208. The van der Waals surface area contributed by atoms with Crippen molar-refractivity contribution in [3.63, 3.8) is 0 Å². The second-order valence-electron chi connectivity index (χ2n) is 7.38. The number of aryl methyl sites for hydroxylation is 1. The van der Waals surface area contributed by atoms with E-state index < -0.39 is 0 Å². The van der Waals surface area contributed by atoms with E-state index in [2.05, 4.69) is 10.3 Å². The monoisotopic (exact) mass is 416 g/mol. The van der Waals surface area contributed by atoms with Crippen molar-refractivity contribution < 1.29 is 14.3 Å². The van der Waals surface area contributed by atoms with Crippen molar-refractivity contribution in [3.8, 4) is 11.6 Å². The summed E-state index contributed by atoms with van der Waals surface area (Å²) in [4.78, 5) is 32.8. The summed E-state index contributed by atoms with van der Waals surface area (Å²) in [5.41, 5.74) is 2.41. The molecule has 1 fully saturated rings. The van der Waals surface area contributed by atoms with Crippen molar-refractivity contribution >= 4 is 17.6 Å². The lowest BCUT2D eigenvalue weighted by Crippen LogP contribution is -2.51. The second-order valence-corrected chi connectivity index (χ2v) is 7.38. The molecule has 3 aromatic rings. The molecule has 1 aliphatic rings. The molecule has 0 bridgehead atoms. The number of ether oxygens (including phenoxy) is 1. The quantitative estimate of drug-likeness (QED) is 0.693. The summed E-state index contributed by atoms with van der Waals surface area (Å²) in [7, 11) is 0. The molecule has 0 spiro atoms. The fourth-order valence-corrected chi connectivity index (χ4v) is 3.32. The Morgan fingerprint density at radius 3 is 2.19 bits per heavy atom. The van der Waals surface area contributed by atoms with Crippen LogP contribution in [0.15, 0.2) is 72.9 Å². The van der Waals surface area contributed by atoms with E-state index >= 15 is 0 Å². The van der Waals surface area contributed by atoms with Crippen LogP contribution in [0.3, 0.4) is 0 Å². The van der Waals surface area contributed by atoms with Gasteiger partial charge in [-0.3, -0.25) is 4.79 Å². The standard InChI is InChI=1S/C24H24N4O3/c1-18-7-10-21(11-8-18)31-22-12-9-20(17-25-22)26-24(30)28-15-13-27(14-16-28)23(29)19-5-3-2-4-6-19/h2-12,17H,13-16H2,1H3,(H,26,30). The summed E-state index contributed by atoms with van der Waals surface area (Å²) < 4.78 is 5.71. The molecular weight excluding hydrogens is 392 g/mol. The molecule has 158 valence electrons. The zero-order valence-corrected chi connectivity index (χ0v) is 17.3. The van der Waals surface area contributed by atoms with E-state index in [0.29, 0.717) is 49.1 Å². The molecule has 0 radical (unpaired) electrons. The lowest BCUT2D eigenvalue weighted by Gasteiger charge is -2.34. The Balaban J connectivity index is 1.28. The largest absolute Gasteiger partial charge is 0.439 e. The fourth-order valence-electron chi connectivity index (χ4n) is 3.32. The van der Waals surface area contributed by atoms with E-state index in [-0.39, 0.29) is 11.9 Å². The smallest absolute Gasteiger partial charge is 0.322 e. The second kappa shape index (κ2) is 9.30. The van der Waals surface area contributed by atoms with E-state index in [0.717, 1.165) is 5.56 Å². The van der Waals surface area contributed by atoms with Crippen molar-refractivity contribution in [2.45, 2.75) is 6.92 Å². The SMILES string of the molecule is Cc1ccc(Oc2ccc(NC(=O)N3CCN(C(=O)c4ccccc4)CC3)cn2)cc1. The van der Waals surface area contributed by atoms with Gasteiger partial charge in [0.2, 0.25) is 5.88 Å². The van der Waals surface area contributed by atoms with Crippen LogP contribution in [0, 0.1) is 6.92 Å². The number of hydrogen-bond acceptors (Lipinski definition) is 4. The molecule has 1 saturated heterocycles. The third-order valence-corrected chi connectivity index (χ3v) is 5.11. The molecule has 0 atom stereocenters. The molecule has 3 amide bonds. The number of aromatic nitrogens is 1. The van der Waals surface area contributed by atoms with E-state index in [1.54, 1.807) is 40.3 Å². The van der Waals surface area contributed by atoms with Gasteiger partial charge < -0.3 is 19.9 Å². The maximum Gasteiger partial charge on any atom is 0.322 e. The third kappa shape index (κ3) is 5.19. The van der Waals surface area contributed by atoms with Crippen LogP contribution in [0.1, 0.15) is 15.9 Å². The molecule has 31 heavy (non-hydrogen) atoms. The summed E-state index contributed by atoms with van der Waals surface area (Å²) in [6.07, 6.45) is 1.57. The van der Waals surface area contributed by atoms with Crippen LogP contribution >= 0.6 is 0 Å². The first-order valence-corrected chi connectivity index (χ1v) is 10.2. The molecule has 2 heterocycles. The minimum absolute atomic E-state index is 0.00553. The maximum atomic E-state index is 12.6. The molecule has 1 aromatic heterocycles. The van der Waals surface area contributed by atoms with Gasteiger partial charge >= 0.3 is 6.03 Å². The first-order valence-electron chi connectivity index (χ1n) is 10.2. The molecule has 0 saturated carbocycles. The number of urea groups is 1. The zero-order chi connectivity index (χ0) is 21.6. The number of pyridine rings is 1. The van der Waals surface area contributed by atoms with Gasteiger partial charge in [-0.2, -0.15) is 0 Å². The Bertz CT molecular complexity index is 1030. The van der Waals surface area contributed by atoms with Crippen molar-refractivity contribution in [2.75, 3.05) is 31.5 Å². The number of carbonyl (C=O) groups excluding carboxylic acids is 2. The van der Waals surface area contributed by atoms with Gasteiger partial charge in [-0.05, 0) is 37.3 Å². The van der Waals surface area contributed by atoms with Gasteiger partial charge in [-0.25, -0.2) is 9.78 Å². The van der Waals surface area contributed by atoms with Crippen LogP contribution in [0.2, 0.25) is 0 Å². The van der Waals surface area contributed by atoms with Gasteiger partial charge in [0.1, 0.15) is 5.75 Å². The Morgan fingerprint density at radius 2 is 1.55 bits per heavy atom. The minimum Gasteiger partial charge on any atom is -0.439 e. The Kier molecular flexibility index (Phi) is 6.12. The average molecular weight is 416 g/mol. The van der Waals surface area contributed by atoms with Gasteiger partial charge in [0, 0.05) is 37.8 Å². The molecule has 1 aliphatic heterocycles. The highest BCUT2D eigenvalue weighted by Gasteiger charge is 2.24. The summed E-state index contributed by atoms with van der Waals surface area (Å²) in [6, 6.07) is 20.2. The molecule has 2 aromatic carbocycles. The predicted octanol–water partition coefficient (Wildman–Crippen LogP) is 4.17. The number of nitrogens with zero attached hydrogens (tertiary/aromatic N) is 3. The number of amides is 3. The summed E-state index contributed by atoms with van der Waals surface area (Å²) in [6.45, 7) is 3.98. The molecule has 1 N–H and O–H groups in total. The van der Waals surface area contributed by atoms with Crippen LogP contribution in [-0.4, -0.2) is 52.9 Å². The predicted molar refractivity (Wildman–Crippen MR) is 118 cm³/mol. The molecule has 7 nitrogen and oxygen atoms in total. The lowest BCUT2D eigenvalue weighted by molar-refractivity contribution is 0.0671. The number of carbonyl (C=O) groups is 2. The maximum absolute atomic E-state index is 12.6. The van der Waals surface area contributed by atoms with E-state index in [4.69, 9.17) is 4.74 Å². The summed E-state index contributed by atoms with van der Waals surface area (Å²) in [5.74, 6) is 1.15. The number of benzene rings is 2. The number of piperazine rings is 1. The Hall–Kier alpha value is -3.87. The van der Waals surface area contributed by atoms with Crippen molar-refractivity contribution in [3.05, 3.63) is 84.1 Å². The average Bonchev–Trinajstić information content (AvgIpc) is 2.82. The number of hydrogen-bond donors (Lipinski definition) is 1. The number of anilines is 1. The van der Waals surface area contributed by atoms with Crippen LogP contribution in [0.5, 0.6) is 11.6 Å². The Morgan fingerprint density at radius 1 is 0.871 bits per heavy atom.